The van der Waals surface area contributed by atoms with Crippen molar-refractivity contribution in [3.63, 3.8) is 0 Å². The zero-order chi connectivity index (χ0) is 19.2. The molecule has 1 aliphatic rings. The first-order valence-corrected chi connectivity index (χ1v) is 9.83. The van der Waals surface area contributed by atoms with Gasteiger partial charge in [0.1, 0.15) is 5.82 Å². The normalized spacial score (nSPS) is 17.2. The first kappa shape index (κ1) is 19.5. The number of likely N-dealkylation sites (tertiary alicyclic amines) is 1. The molecule has 1 saturated heterocycles. The fourth-order valence-corrected chi connectivity index (χ4v) is 3.82. The molecule has 2 heterocycles. The summed E-state index contributed by atoms with van der Waals surface area (Å²) < 4.78 is 13.9. The minimum absolute atomic E-state index is 0.157. The van der Waals surface area contributed by atoms with Crippen molar-refractivity contribution in [1.82, 2.24) is 14.8 Å². The van der Waals surface area contributed by atoms with E-state index in [-0.39, 0.29) is 17.8 Å². The number of pyridine rings is 1. The molecule has 0 spiro atoms. The van der Waals surface area contributed by atoms with E-state index in [9.17, 15) is 9.18 Å². The molecule has 3 rings (SSSR count). The molecule has 0 bridgehead atoms. The van der Waals surface area contributed by atoms with Crippen LogP contribution in [0.1, 0.15) is 49.7 Å². The molecular weight excluding hydrogens is 341 g/mol. The molecule has 0 aliphatic carbocycles. The van der Waals surface area contributed by atoms with E-state index in [1.165, 1.54) is 6.07 Å². The molecule has 1 amide bonds. The van der Waals surface area contributed by atoms with Crippen LogP contribution in [-0.4, -0.2) is 46.9 Å². The maximum Gasteiger partial charge on any atom is 0.236 e. The summed E-state index contributed by atoms with van der Waals surface area (Å²) in [6.45, 7) is 6.85. The summed E-state index contributed by atoms with van der Waals surface area (Å²) >= 11 is 0. The largest absolute Gasteiger partial charge is 0.342 e. The highest BCUT2D eigenvalue weighted by Gasteiger charge is 2.29. The van der Waals surface area contributed by atoms with Crippen LogP contribution in [0, 0.1) is 5.82 Å². The Morgan fingerprint density at radius 2 is 1.96 bits per heavy atom. The Bertz CT molecular complexity index is 776. The van der Waals surface area contributed by atoms with Crippen molar-refractivity contribution in [3.8, 4) is 0 Å². The molecule has 5 heteroatoms. The zero-order valence-electron chi connectivity index (χ0n) is 16.2. The Morgan fingerprint density at radius 1 is 1.19 bits per heavy atom. The van der Waals surface area contributed by atoms with Gasteiger partial charge in [-0.2, -0.15) is 0 Å². The van der Waals surface area contributed by atoms with E-state index < -0.39 is 0 Å². The van der Waals surface area contributed by atoms with Gasteiger partial charge in [0, 0.05) is 25.2 Å². The molecule has 2 aromatic rings. The van der Waals surface area contributed by atoms with Gasteiger partial charge >= 0.3 is 0 Å². The van der Waals surface area contributed by atoms with Gasteiger partial charge < -0.3 is 4.90 Å². The summed E-state index contributed by atoms with van der Waals surface area (Å²) in [7, 11) is 0. The summed E-state index contributed by atoms with van der Waals surface area (Å²) in [5, 5.41) is 0. The van der Waals surface area contributed by atoms with Crippen molar-refractivity contribution in [2.75, 3.05) is 26.2 Å². The molecular formula is C22H28FN3O. The quantitative estimate of drug-likeness (QED) is 0.744. The fourth-order valence-electron chi connectivity index (χ4n) is 3.82. The van der Waals surface area contributed by atoms with Crippen LogP contribution in [0.15, 0.2) is 42.5 Å². The standard InChI is InChI=1S/C22H28FN3O/c1-3-25(4-2)22(27)16-26-14-8-13-21(26)20-12-7-10-18(24-20)15-17-9-5-6-11-19(17)23/h5-7,9-12,21H,3-4,8,13-16H2,1-2H3/t21-/m0/s1. The number of amides is 1. The number of nitrogens with zero attached hydrogens (tertiary/aromatic N) is 3. The fraction of sp³-hybridized carbons (Fsp3) is 0.455. The monoisotopic (exact) mass is 369 g/mol. The van der Waals surface area contributed by atoms with Crippen LogP contribution in [-0.2, 0) is 11.2 Å². The van der Waals surface area contributed by atoms with Gasteiger partial charge in [-0.25, -0.2) is 4.39 Å². The highest BCUT2D eigenvalue weighted by atomic mass is 19.1. The van der Waals surface area contributed by atoms with E-state index in [1.807, 2.05) is 43.0 Å². The molecule has 144 valence electrons. The SMILES string of the molecule is CCN(CC)C(=O)CN1CCC[C@H]1c1cccc(Cc2ccccc2F)n1. The van der Waals surface area contributed by atoms with Gasteiger partial charge in [-0.15, -0.1) is 0 Å². The third-order valence-corrected chi connectivity index (χ3v) is 5.32. The predicted molar refractivity (Wildman–Crippen MR) is 105 cm³/mol. The second-order valence-corrected chi connectivity index (χ2v) is 7.02. The van der Waals surface area contributed by atoms with Crippen molar-refractivity contribution in [2.24, 2.45) is 0 Å². The Balaban J connectivity index is 1.73. The number of likely N-dealkylation sites (N-methyl/N-ethyl adjacent to an activating group) is 1. The highest BCUT2D eigenvalue weighted by molar-refractivity contribution is 5.78. The first-order chi connectivity index (χ1) is 13.1. The second kappa shape index (κ2) is 9.09. The number of benzene rings is 1. The molecule has 0 radical (unpaired) electrons. The lowest BCUT2D eigenvalue weighted by Gasteiger charge is -2.27. The van der Waals surface area contributed by atoms with E-state index in [1.54, 1.807) is 12.1 Å². The number of halogens is 1. The lowest BCUT2D eigenvalue weighted by Crippen LogP contribution is -2.40. The molecule has 0 N–H and O–H groups in total. The lowest BCUT2D eigenvalue weighted by atomic mass is 10.1. The number of carbonyl (C=O) groups excluding carboxylic acids is 1. The molecule has 1 fully saturated rings. The minimum atomic E-state index is -0.197. The van der Waals surface area contributed by atoms with Crippen molar-refractivity contribution < 1.29 is 9.18 Å². The molecule has 1 aliphatic heterocycles. The summed E-state index contributed by atoms with van der Waals surface area (Å²) in [4.78, 5) is 21.4. The molecule has 1 atom stereocenters. The second-order valence-electron chi connectivity index (χ2n) is 7.02. The highest BCUT2D eigenvalue weighted by Crippen LogP contribution is 2.31. The summed E-state index contributed by atoms with van der Waals surface area (Å²) in [6.07, 6.45) is 2.54. The van der Waals surface area contributed by atoms with Gasteiger partial charge in [0.05, 0.1) is 18.3 Å². The molecule has 1 aromatic carbocycles. The Labute approximate surface area is 161 Å². The van der Waals surface area contributed by atoms with Crippen LogP contribution in [0.5, 0.6) is 0 Å². The van der Waals surface area contributed by atoms with E-state index in [0.29, 0.717) is 18.5 Å². The average Bonchev–Trinajstić information content (AvgIpc) is 3.13. The summed E-state index contributed by atoms with van der Waals surface area (Å²) in [5.74, 6) is -0.0218. The van der Waals surface area contributed by atoms with Crippen LogP contribution in [0.4, 0.5) is 4.39 Å². The number of hydrogen-bond acceptors (Lipinski definition) is 3. The van der Waals surface area contributed by atoms with Gasteiger partial charge in [0.25, 0.3) is 0 Å². The first-order valence-electron chi connectivity index (χ1n) is 9.83. The maximum atomic E-state index is 13.9. The van der Waals surface area contributed by atoms with E-state index in [0.717, 1.165) is 43.9 Å². The topological polar surface area (TPSA) is 36.4 Å². The van der Waals surface area contributed by atoms with Gasteiger partial charge in [-0.05, 0) is 57.0 Å². The van der Waals surface area contributed by atoms with E-state index in [2.05, 4.69) is 4.90 Å². The Morgan fingerprint density at radius 3 is 2.70 bits per heavy atom. The number of hydrogen-bond donors (Lipinski definition) is 0. The average molecular weight is 369 g/mol. The third kappa shape index (κ3) is 4.72. The number of aromatic nitrogens is 1. The Hall–Kier alpha value is -2.27. The molecule has 27 heavy (non-hydrogen) atoms. The summed E-state index contributed by atoms with van der Waals surface area (Å²) in [6, 6.07) is 12.9. The van der Waals surface area contributed by atoms with Crippen LogP contribution in [0.25, 0.3) is 0 Å². The predicted octanol–water partition coefficient (Wildman–Crippen LogP) is 3.82. The van der Waals surface area contributed by atoms with E-state index in [4.69, 9.17) is 4.98 Å². The zero-order valence-corrected chi connectivity index (χ0v) is 16.2. The van der Waals surface area contributed by atoms with Gasteiger partial charge in [0.15, 0.2) is 0 Å². The Kier molecular flexibility index (Phi) is 6.56. The molecule has 0 saturated carbocycles. The molecule has 4 nitrogen and oxygen atoms in total. The minimum Gasteiger partial charge on any atom is -0.342 e. The number of rotatable bonds is 7. The molecule has 1 aromatic heterocycles. The number of carbonyl (C=O) groups is 1. The van der Waals surface area contributed by atoms with Crippen LogP contribution in [0.2, 0.25) is 0 Å². The van der Waals surface area contributed by atoms with Crippen molar-refractivity contribution in [1.29, 1.82) is 0 Å². The van der Waals surface area contributed by atoms with Crippen molar-refractivity contribution in [2.45, 2.75) is 39.2 Å². The van der Waals surface area contributed by atoms with Crippen molar-refractivity contribution >= 4 is 5.91 Å². The lowest BCUT2D eigenvalue weighted by molar-refractivity contribution is -0.132. The summed E-state index contributed by atoms with van der Waals surface area (Å²) in [5.41, 5.74) is 2.50. The maximum absolute atomic E-state index is 13.9. The smallest absolute Gasteiger partial charge is 0.236 e. The van der Waals surface area contributed by atoms with Crippen LogP contribution in [0.3, 0.4) is 0 Å². The van der Waals surface area contributed by atoms with Crippen LogP contribution < -0.4 is 0 Å². The third-order valence-electron chi connectivity index (χ3n) is 5.32. The van der Waals surface area contributed by atoms with Crippen molar-refractivity contribution in [3.05, 3.63) is 65.2 Å². The molecule has 0 unspecified atom stereocenters. The van der Waals surface area contributed by atoms with Crippen LogP contribution >= 0.6 is 0 Å². The van der Waals surface area contributed by atoms with E-state index >= 15 is 0 Å². The van der Waals surface area contributed by atoms with Gasteiger partial charge in [0.2, 0.25) is 5.91 Å². The van der Waals surface area contributed by atoms with Gasteiger partial charge in [-0.1, -0.05) is 24.3 Å². The van der Waals surface area contributed by atoms with Gasteiger partial charge in [-0.3, -0.25) is 14.7 Å².